The molecular formula is C19H16ClN3O5. The third-order valence-electron chi connectivity index (χ3n) is 3.47. The standard InChI is InChI=1S/C19H16ClN3O5/c20-14-8-6-13(7-9-14)19-22-17(28-23-19)12-27-18(25)10-21-16(24)11-26-15-4-2-1-3-5-15/h1-9H,10-12H2,(H,21,24). The average molecular weight is 402 g/mol. The third kappa shape index (κ3) is 5.82. The molecule has 0 bridgehead atoms. The number of hydrogen-bond donors (Lipinski definition) is 1. The van der Waals surface area contributed by atoms with Crippen molar-refractivity contribution in [2.75, 3.05) is 13.2 Å². The van der Waals surface area contributed by atoms with Crippen molar-refractivity contribution in [3.8, 4) is 17.1 Å². The molecule has 0 fully saturated rings. The highest BCUT2D eigenvalue weighted by Crippen LogP contribution is 2.18. The first kappa shape index (κ1) is 19.4. The van der Waals surface area contributed by atoms with E-state index >= 15 is 0 Å². The van der Waals surface area contributed by atoms with Gasteiger partial charge in [0.1, 0.15) is 12.3 Å². The van der Waals surface area contributed by atoms with E-state index in [1.54, 1.807) is 48.5 Å². The Kier molecular flexibility index (Phi) is 6.59. The summed E-state index contributed by atoms with van der Waals surface area (Å²) in [4.78, 5) is 27.5. The van der Waals surface area contributed by atoms with Crippen molar-refractivity contribution in [1.82, 2.24) is 15.5 Å². The SMILES string of the molecule is O=C(COc1ccccc1)NCC(=O)OCc1nc(-c2ccc(Cl)cc2)no1. The quantitative estimate of drug-likeness (QED) is 0.578. The van der Waals surface area contributed by atoms with E-state index in [1.807, 2.05) is 6.07 Å². The Morgan fingerprint density at radius 2 is 1.82 bits per heavy atom. The van der Waals surface area contributed by atoms with Gasteiger partial charge in [-0.05, 0) is 36.4 Å². The number of benzene rings is 2. The first-order valence-electron chi connectivity index (χ1n) is 8.29. The van der Waals surface area contributed by atoms with Crippen LogP contribution in [0.1, 0.15) is 5.89 Å². The van der Waals surface area contributed by atoms with Gasteiger partial charge in [0.05, 0.1) is 0 Å². The van der Waals surface area contributed by atoms with Crippen molar-refractivity contribution >= 4 is 23.5 Å². The molecule has 28 heavy (non-hydrogen) atoms. The molecule has 3 rings (SSSR count). The minimum atomic E-state index is -0.640. The van der Waals surface area contributed by atoms with E-state index in [-0.39, 0.29) is 25.6 Å². The predicted octanol–water partition coefficient (Wildman–Crippen LogP) is 2.63. The lowest BCUT2D eigenvalue weighted by Gasteiger charge is -2.07. The number of aromatic nitrogens is 2. The molecule has 8 nitrogen and oxygen atoms in total. The first-order chi connectivity index (χ1) is 13.6. The van der Waals surface area contributed by atoms with Crippen LogP contribution < -0.4 is 10.1 Å². The number of para-hydroxylation sites is 1. The molecule has 0 unspecified atom stereocenters. The zero-order valence-corrected chi connectivity index (χ0v) is 15.4. The molecule has 0 spiro atoms. The second kappa shape index (κ2) is 9.52. The number of esters is 1. The Bertz CT molecular complexity index is 928. The number of halogens is 1. The number of hydrogen-bond acceptors (Lipinski definition) is 7. The van der Waals surface area contributed by atoms with E-state index in [1.165, 1.54) is 0 Å². The average Bonchev–Trinajstić information content (AvgIpc) is 3.19. The minimum Gasteiger partial charge on any atom is -0.484 e. The summed E-state index contributed by atoms with van der Waals surface area (Å²) in [6, 6.07) is 15.8. The van der Waals surface area contributed by atoms with Crippen molar-refractivity contribution in [3.05, 3.63) is 65.5 Å². The number of carbonyl (C=O) groups is 2. The van der Waals surface area contributed by atoms with Gasteiger partial charge in [0.2, 0.25) is 5.82 Å². The molecule has 2 aromatic carbocycles. The summed E-state index contributed by atoms with van der Waals surface area (Å²) in [5.74, 6) is -0.0258. The summed E-state index contributed by atoms with van der Waals surface area (Å²) in [7, 11) is 0. The second-order valence-corrected chi connectivity index (χ2v) is 5.99. The normalized spacial score (nSPS) is 10.3. The Morgan fingerprint density at radius 3 is 2.57 bits per heavy atom. The molecule has 9 heteroatoms. The lowest BCUT2D eigenvalue weighted by Crippen LogP contribution is -2.34. The van der Waals surface area contributed by atoms with Gasteiger partial charge in [-0.1, -0.05) is 35.0 Å². The van der Waals surface area contributed by atoms with E-state index in [9.17, 15) is 9.59 Å². The molecule has 144 valence electrons. The Morgan fingerprint density at radius 1 is 1.07 bits per heavy atom. The number of nitrogens with one attached hydrogen (secondary N) is 1. The highest BCUT2D eigenvalue weighted by atomic mass is 35.5. The summed E-state index contributed by atoms with van der Waals surface area (Å²) < 4.78 is 15.3. The summed E-state index contributed by atoms with van der Waals surface area (Å²) in [6.07, 6.45) is 0. The molecule has 1 aromatic heterocycles. The Hall–Kier alpha value is -3.39. The van der Waals surface area contributed by atoms with Gasteiger partial charge in [0, 0.05) is 10.6 Å². The van der Waals surface area contributed by atoms with Crippen LogP contribution in [0.5, 0.6) is 5.75 Å². The van der Waals surface area contributed by atoms with Crippen LogP contribution in [0.3, 0.4) is 0 Å². The maximum atomic E-state index is 11.7. The topological polar surface area (TPSA) is 104 Å². The summed E-state index contributed by atoms with van der Waals surface area (Å²) in [6.45, 7) is -0.698. The highest BCUT2D eigenvalue weighted by molar-refractivity contribution is 6.30. The van der Waals surface area contributed by atoms with Crippen molar-refractivity contribution in [3.63, 3.8) is 0 Å². The zero-order chi connectivity index (χ0) is 19.8. The van der Waals surface area contributed by atoms with Crippen LogP contribution in [0.25, 0.3) is 11.4 Å². The van der Waals surface area contributed by atoms with Gasteiger partial charge in [-0.2, -0.15) is 4.98 Å². The maximum Gasteiger partial charge on any atom is 0.325 e. The molecule has 0 aliphatic heterocycles. The summed E-state index contributed by atoms with van der Waals surface area (Å²) in [5.41, 5.74) is 0.719. The molecule has 0 aliphatic rings. The molecule has 0 radical (unpaired) electrons. The number of carbonyl (C=O) groups excluding carboxylic acids is 2. The van der Waals surface area contributed by atoms with E-state index in [0.29, 0.717) is 16.6 Å². The smallest absolute Gasteiger partial charge is 0.325 e. The molecule has 3 aromatic rings. The second-order valence-electron chi connectivity index (χ2n) is 5.56. The molecule has 0 saturated carbocycles. The van der Waals surface area contributed by atoms with Crippen molar-refractivity contribution in [1.29, 1.82) is 0 Å². The van der Waals surface area contributed by atoms with Crippen LogP contribution in [0.15, 0.2) is 59.1 Å². The van der Waals surface area contributed by atoms with Gasteiger partial charge in [0.15, 0.2) is 13.2 Å². The lowest BCUT2D eigenvalue weighted by atomic mass is 10.2. The maximum absolute atomic E-state index is 11.7. The number of nitrogens with zero attached hydrogens (tertiary/aromatic N) is 2. The molecule has 0 aliphatic carbocycles. The molecular weight excluding hydrogens is 386 g/mol. The van der Waals surface area contributed by atoms with Crippen LogP contribution >= 0.6 is 11.6 Å². The van der Waals surface area contributed by atoms with Crippen LogP contribution in [0.4, 0.5) is 0 Å². The number of ether oxygens (including phenoxy) is 2. The molecule has 0 atom stereocenters. The van der Waals surface area contributed by atoms with E-state index in [4.69, 9.17) is 25.6 Å². The molecule has 1 heterocycles. The van der Waals surface area contributed by atoms with Crippen LogP contribution in [-0.4, -0.2) is 35.2 Å². The van der Waals surface area contributed by atoms with Crippen LogP contribution in [-0.2, 0) is 20.9 Å². The van der Waals surface area contributed by atoms with Gasteiger partial charge >= 0.3 is 5.97 Å². The largest absolute Gasteiger partial charge is 0.484 e. The summed E-state index contributed by atoms with van der Waals surface area (Å²) in [5, 5.41) is 6.82. The van der Waals surface area contributed by atoms with Crippen molar-refractivity contribution in [2.24, 2.45) is 0 Å². The van der Waals surface area contributed by atoms with Gasteiger partial charge in [-0.25, -0.2) is 0 Å². The monoisotopic (exact) mass is 401 g/mol. The van der Waals surface area contributed by atoms with Crippen molar-refractivity contribution < 1.29 is 23.6 Å². The highest BCUT2D eigenvalue weighted by Gasteiger charge is 2.12. The van der Waals surface area contributed by atoms with Gasteiger partial charge in [-0.15, -0.1) is 0 Å². The van der Waals surface area contributed by atoms with Gasteiger partial charge in [-0.3, -0.25) is 9.59 Å². The van der Waals surface area contributed by atoms with E-state index in [0.717, 1.165) is 5.56 Å². The Balaban J connectivity index is 1.38. The van der Waals surface area contributed by atoms with Crippen LogP contribution in [0.2, 0.25) is 5.02 Å². The fraction of sp³-hybridized carbons (Fsp3) is 0.158. The van der Waals surface area contributed by atoms with Gasteiger partial charge in [0.25, 0.3) is 11.8 Å². The fourth-order valence-electron chi connectivity index (χ4n) is 2.11. The zero-order valence-electron chi connectivity index (χ0n) is 14.6. The van der Waals surface area contributed by atoms with Crippen LogP contribution in [0, 0.1) is 0 Å². The molecule has 1 N–H and O–H groups in total. The van der Waals surface area contributed by atoms with Gasteiger partial charge < -0.3 is 19.3 Å². The van der Waals surface area contributed by atoms with E-state index < -0.39 is 11.9 Å². The van der Waals surface area contributed by atoms with E-state index in [2.05, 4.69) is 15.5 Å². The fourth-order valence-corrected chi connectivity index (χ4v) is 2.24. The molecule has 1 amide bonds. The Labute approximate surface area is 165 Å². The molecule has 0 saturated heterocycles. The van der Waals surface area contributed by atoms with Crippen molar-refractivity contribution in [2.45, 2.75) is 6.61 Å². The minimum absolute atomic E-state index is 0.136. The first-order valence-corrected chi connectivity index (χ1v) is 8.66. The summed E-state index contributed by atoms with van der Waals surface area (Å²) >= 11 is 5.83. The number of amides is 1. The predicted molar refractivity (Wildman–Crippen MR) is 99.5 cm³/mol. The third-order valence-corrected chi connectivity index (χ3v) is 3.72. The number of rotatable bonds is 8. The lowest BCUT2D eigenvalue weighted by molar-refractivity contribution is -0.146.